The zero-order chi connectivity index (χ0) is 12.0. The number of nitrogens with zero attached hydrogens (tertiary/aromatic N) is 2. The third-order valence-corrected chi connectivity index (χ3v) is 4.37. The van der Waals surface area contributed by atoms with E-state index >= 15 is 0 Å². The number of ether oxygens (including phenoxy) is 1. The van der Waals surface area contributed by atoms with Crippen molar-refractivity contribution in [2.24, 2.45) is 5.92 Å². The Kier molecular flexibility index (Phi) is 2.75. The van der Waals surface area contributed by atoms with Crippen molar-refractivity contribution in [2.75, 3.05) is 26.2 Å². The fraction of sp³-hybridized carbons (Fsp3) is 0.917. The van der Waals surface area contributed by atoms with Crippen LogP contribution in [0.1, 0.15) is 19.8 Å². The lowest BCUT2D eigenvalue weighted by molar-refractivity contribution is 0.108. The van der Waals surface area contributed by atoms with Gasteiger partial charge in [-0.2, -0.15) is 0 Å². The van der Waals surface area contributed by atoms with E-state index in [9.17, 15) is 9.90 Å². The van der Waals surface area contributed by atoms with Crippen LogP contribution in [0.25, 0.3) is 0 Å². The molecule has 96 valence electrons. The Morgan fingerprint density at radius 3 is 2.94 bits per heavy atom. The van der Waals surface area contributed by atoms with E-state index in [0.29, 0.717) is 24.6 Å². The Balaban J connectivity index is 1.64. The molecular formula is C12H20N2O3. The molecule has 0 aromatic rings. The van der Waals surface area contributed by atoms with Crippen molar-refractivity contribution in [1.29, 1.82) is 0 Å². The summed E-state index contributed by atoms with van der Waals surface area (Å²) in [6.07, 6.45) is 1.68. The van der Waals surface area contributed by atoms with E-state index in [2.05, 4.69) is 4.90 Å². The molecular weight excluding hydrogens is 220 g/mol. The van der Waals surface area contributed by atoms with E-state index in [4.69, 9.17) is 4.74 Å². The number of fused-ring (bicyclic) bond motifs is 3. The number of carbonyl (C=O) groups excluding carboxylic acids is 1. The standard InChI is InChI=1S/C12H20N2O3/c1-2-17-12(16)13-5-8-3-9-4-10(15)6-14(9)11(8)7-13/h8-11,15H,2-7H2,1H3. The molecule has 0 saturated carbocycles. The average molecular weight is 240 g/mol. The van der Waals surface area contributed by atoms with Gasteiger partial charge in [-0.25, -0.2) is 4.79 Å². The van der Waals surface area contributed by atoms with Gasteiger partial charge in [0.1, 0.15) is 0 Å². The summed E-state index contributed by atoms with van der Waals surface area (Å²) in [5.41, 5.74) is 0. The maximum absolute atomic E-state index is 11.7. The molecule has 0 aliphatic carbocycles. The Bertz CT molecular complexity index is 323. The Labute approximate surface area is 101 Å². The molecule has 3 aliphatic rings. The molecule has 5 nitrogen and oxygen atoms in total. The predicted octanol–water partition coefficient (Wildman–Crippen LogP) is 0.282. The lowest BCUT2D eigenvalue weighted by atomic mass is 10.00. The Morgan fingerprint density at radius 1 is 1.35 bits per heavy atom. The molecule has 3 heterocycles. The van der Waals surface area contributed by atoms with Gasteiger partial charge in [0.15, 0.2) is 0 Å². The molecule has 3 fully saturated rings. The van der Waals surface area contributed by atoms with Gasteiger partial charge in [-0.05, 0) is 25.7 Å². The third kappa shape index (κ3) is 1.81. The first-order valence-electron chi connectivity index (χ1n) is 6.54. The SMILES string of the molecule is CCOC(=O)N1CC2CC3CC(O)CN3C2C1. The van der Waals surface area contributed by atoms with E-state index in [1.54, 1.807) is 0 Å². The maximum atomic E-state index is 11.7. The van der Waals surface area contributed by atoms with E-state index in [-0.39, 0.29) is 12.2 Å². The lowest BCUT2D eigenvalue weighted by Gasteiger charge is -2.23. The van der Waals surface area contributed by atoms with Crippen molar-refractivity contribution in [2.45, 2.75) is 38.0 Å². The first-order valence-corrected chi connectivity index (χ1v) is 6.54. The molecule has 3 rings (SSSR count). The highest BCUT2D eigenvalue weighted by atomic mass is 16.6. The summed E-state index contributed by atoms with van der Waals surface area (Å²) >= 11 is 0. The number of rotatable bonds is 1. The van der Waals surface area contributed by atoms with E-state index in [1.807, 2.05) is 11.8 Å². The van der Waals surface area contributed by atoms with Crippen LogP contribution in [0, 0.1) is 5.92 Å². The molecule has 1 amide bonds. The van der Waals surface area contributed by atoms with E-state index in [1.165, 1.54) is 0 Å². The van der Waals surface area contributed by atoms with Gasteiger partial charge in [-0.15, -0.1) is 0 Å². The van der Waals surface area contributed by atoms with Crippen LogP contribution in [0.2, 0.25) is 0 Å². The molecule has 0 radical (unpaired) electrons. The van der Waals surface area contributed by atoms with Crippen LogP contribution in [0.4, 0.5) is 4.79 Å². The van der Waals surface area contributed by atoms with Crippen LogP contribution in [0.5, 0.6) is 0 Å². The number of aliphatic hydroxyl groups excluding tert-OH is 1. The third-order valence-electron chi connectivity index (χ3n) is 4.37. The monoisotopic (exact) mass is 240 g/mol. The molecule has 17 heavy (non-hydrogen) atoms. The van der Waals surface area contributed by atoms with E-state index in [0.717, 1.165) is 32.5 Å². The van der Waals surface area contributed by atoms with Crippen molar-refractivity contribution >= 4 is 6.09 Å². The van der Waals surface area contributed by atoms with Crippen LogP contribution in [-0.4, -0.2) is 65.4 Å². The topological polar surface area (TPSA) is 53.0 Å². The first kappa shape index (κ1) is 11.3. The van der Waals surface area contributed by atoms with Gasteiger partial charge in [0.05, 0.1) is 12.7 Å². The fourth-order valence-corrected chi connectivity index (χ4v) is 3.73. The largest absolute Gasteiger partial charge is 0.450 e. The van der Waals surface area contributed by atoms with Crippen LogP contribution in [0.3, 0.4) is 0 Å². The quantitative estimate of drug-likeness (QED) is 0.715. The van der Waals surface area contributed by atoms with Gasteiger partial charge in [0.2, 0.25) is 0 Å². The van der Waals surface area contributed by atoms with Gasteiger partial charge in [-0.1, -0.05) is 0 Å². The smallest absolute Gasteiger partial charge is 0.409 e. The molecule has 4 atom stereocenters. The van der Waals surface area contributed by atoms with Gasteiger partial charge in [0.25, 0.3) is 0 Å². The number of hydrogen-bond acceptors (Lipinski definition) is 4. The van der Waals surface area contributed by atoms with Gasteiger partial charge in [-0.3, -0.25) is 4.90 Å². The fourth-order valence-electron chi connectivity index (χ4n) is 3.73. The summed E-state index contributed by atoms with van der Waals surface area (Å²) < 4.78 is 5.04. The number of amides is 1. The highest BCUT2D eigenvalue weighted by Gasteiger charge is 2.50. The van der Waals surface area contributed by atoms with Crippen molar-refractivity contribution in [1.82, 2.24) is 9.80 Å². The molecule has 0 bridgehead atoms. The summed E-state index contributed by atoms with van der Waals surface area (Å²) in [7, 11) is 0. The first-order chi connectivity index (χ1) is 8.19. The number of carbonyl (C=O) groups is 1. The molecule has 0 aromatic carbocycles. The van der Waals surface area contributed by atoms with Crippen LogP contribution >= 0.6 is 0 Å². The van der Waals surface area contributed by atoms with Crippen LogP contribution < -0.4 is 0 Å². The normalized spacial score (nSPS) is 40.5. The highest BCUT2D eigenvalue weighted by Crippen LogP contribution is 2.40. The second-order valence-electron chi connectivity index (χ2n) is 5.41. The summed E-state index contributed by atoms with van der Waals surface area (Å²) in [4.78, 5) is 15.9. The summed E-state index contributed by atoms with van der Waals surface area (Å²) in [5.74, 6) is 0.580. The zero-order valence-corrected chi connectivity index (χ0v) is 10.2. The molecule has 1 N–H and O–H groups in total. The number of likely N-dealkylation sites (tertiary alicyclic amines) is 1. The van der Waals surface area contributed by atoms with E-state index < -0.39 is 0 Å². The predicted molar refractivity (Wildman–Crippen MR) is 61.6 cm³/mol. The molecule has 5 heteroatoms. The second kappa shape index (κ2) is 4.14. The summed E-state index contributed by atoms with van der Waals surface area (Å²) in [6, 6.07) is 0.992. The molecule has 3 aliphatic heterocycles. The van der Waals surface area contributed by atoms with Crippen LogP contribution in [0.15, 0.2) is 0 Å². The lowest BCUT2D eigenvalue weighted by Crippen LogP contribution is -2.39. The zero-order valence-electron chi connectivity index (χ0n) is 10.2. The Morgan fingerprint density at radius 2 is 2.18 bits per heavy atom. The summed E-state index contributed by atoms with van der Waals surface area (Å²) in [6.45, 7) is 4.65. The molecule has 3 saturated heterocycles. The van der Waals surface area contributed by atoms with Gasteiger partial charge in [0, 0.05) is 31.7 Å². The van der Waals surface area contributed by atoms with Crippen molar-refractivity contribution < 1.29 is 14.6 Å². The number of hydrogen-bond donors (Lipinski definition) is 1. The number of aliphatic hydroxyl groups is 1. The second-order valence-corrected chi connectivity index (χ2v) is 5.41. The molecule has 4 unspecified atom stereocenters. The van der Waals surface area contributed by atoms with Crippen molar-refractivity contribution in [3.8, 4) is 0 Å². The van der Waals surface area contributed by atoms with Crippen molar-refractivity contribution in [3.63, 3.8) is 0 Å². The highest BCUT2D eigenvalue weighted by molar-refractivity contribution is 5.68. The van der Waals surface area contributed by atoms with Gasteiger partial charge >= 0.3 is 6.09 Å². The minimum atomic E-state index is -0.182. The Hall–Kier alpha value is -0.810. The average Bonchev–Trinajstić information content (AvgIpc) is 2.88. The van der Waals surface area contributed by atoms with Crippen molar-refractivity contribution in [3.05, 3.63) is 0 Å². The molecule has 0 spiro atoms. The molecule has 0 aromatic heterocycles. The minimum absolute atomic E-state index is 0.169. The van der Waals surface area contributed by atoms with Gasteiger partial charge < -0.3 is 14.7 Å². The summed E-state index contributed by atoms with van der Waals surface area (Å²) in [5, 5.41) is 9.67. The maximum Gasteiger partial charge on any atom is 0.409 e. The minimum Gasteiger partial charge on any atom is -0.450 e. The van der Waals surface area contributed by atoms with Crippen LogP contribution in [-0.2, 0) is 4.74 Å².